The highest BCUT2D eigenvalue weighted by atomic mass is 16.2. The molecule has 1 amide bonds. The SMILES string of the molecule is CN(C)C1(CNC(=O)C(C)(N)C2CC2)CCC1. The van der Waals surface area contributed by atoms with Crippen LogP contribution in [0.1, 0.15) is 39.0 Å². The minimum atomic E-state index is -0.669. The van der Waals surface area contributed by atoms with Crippen molar-refractivity contribution in [2.75, 3.05) is 20.6 Å². The average Bonchev–Trinajstić information content (AvgIpc) is 2.97. The van der Waals surface area contributed by atoms with Gasteiger partial charge >= 0.3 is 0 Å². The number of amides is 1. The Labute approximate surface area is 104 Å². The van der Waals surface area contributed by atoms with Crippen molar-refractivity contribution in [1.29, 1.82) is 0 Å². The van der Waals surface area contributed by atoms with Gasteiger partial charge < -0.3 is 16.0 Å². The van der Waals surface area contributed by atoms with Gasteiger partial charge in [0.25, 0.3) is 0 Å². The average molecular weight is 239 g/mol. The first-order chi connectivity index (χ1) is 7.88. The summed E-state index contributed by atoms with van der Waals surface area (Å²) in [4.78, 5) is 14.3. The first-order valence-corrected chi connectivity index (χ1v) is 6.63. The van der Waals surface area contributed by atoms with E-state index in [0.29, 0.717) is 5.92 Å². The fourth-order valence-electron chi connectivity index (χ4n) is 2.67. The van der Waals surface area contributed by atoms with Gasteiger partial charge in [-0.15, -0.1) is 0 Å². The summed E-state index contributed by atoms with van der Waals surface area (Å²) in [5.41, 5.74) is 5.61. The summed E-state index contributed by atoms with van der Waals surface area (Å²) in [6.45, 7) is 2.60. The minimum absolute atomic E-state index is 0.0214. The third kappa shape index (κ3) is 2.33. The van der Waals surface area contributed by atoms with Gasteiger partial charge in [-0.25, -0.2) is 0 Å². The molecule has 1 atom stereocenters. The Kier molecular flexibility index (Phi) is 3.21. The molecule has 2 rings (SSSR count). The number of carbonyl (C=O) groups excluding carboxylic acids is 1. The molecule has 2 aliphatic rings. The molecule has 3 N–H and O–H groups in total. The number of rotatable bonds is 5. The van der Waals surface area contributed by atoms with Crippen molar-refractivity contribution < 1.29 is 4.79 Å². The van der Waals surface area contributed by atoms with Crippen LogP contribution in [0, 0.1) is 5.92 Å². The van der Waals surface area contributed by atoms with E-state index in [0.717, 1.165) is 19.4 Å². The lowest BCUT2D eigenvalue weighted by molar-refractivity contribution is -0.127. The summed E-state index contributed by atoms with van der Waals surface area (Å²) in [7, 11) is 4.18. The number of nitrogens with two attached hydrogens (primary N) is 1. The molecule has 98 valence electrons. The Morgan fingerprint density at radius 1 is 1.47 bits per heavy atom. The Balaban J connectivity index is 1.87. The van der Waals surface area contributed by atoms with Gasteiger partial charge in [0.05, 0.1) is 5.54 Å². The highest BCUT2D eigenvalue weighted by Crippen LogP contribution is 2.39. The van der Waals surface area contributed by atoms with Crippen LogP contribution in [-0.2, 0) is 4.79 Å². The lowest BCUT2D eigenvalue weighted by atomic mass is 9.75. The van der Waals surface area contributed by atoms with E-state index in [1.165, 1.54) is 19.3 Å². The molecule has 0 aromatic rings. The topological polar surface area (TPSA) is 58.4 Å². The van der Waals surface area contributed by atoms with Gasteiger partial charge in [0.2, 0.25) is 5.91 Å². The standard InChI is InChI=1S/C13H25N3O/c1-12(14,10-5-6-10)11(17)15-9-13(16(2)3)7-4-8-13/h10H,4-9,14H2,1-3H3,(H,15,17). The van der Waals surface area contributed by atoms with Crippen LogP contribution in [0.25, 0.3) is 0 Å². The van der Waals surface area contributed by atoms with Crippen molar-refractivity contribution in [3.8, 4) is 0 Å². The third-order valence-electron chi connectivity index (χ3n) is 4.73. The predicted molar refractivity (Wildman–Crippen MR) is 68.6 cm³/mol. The van der Waals surface area contributed by atoms with Crippen molar-refractivity contribution in [1.82, 2.24) is 10.2 Å². The second-order valence-corrected chi connectivity index (χ2v) is 6.21. The highest BCUT2D eigenvalue weighted by Gasteiger charge is 2.45. The second kappa shape index (κ2) is 4.25. The van der Waals surface area contributed by atoms with Gasteiger partial charge in [-0.3, -0.25) is 4.79 Å². The summed E-state index contributed by atoms with van der Waals surface area (Å²) < 4.78 is 0. The predicted octanol–water partition coefficient (Wildman–Crippen LogP) is 0.714. The summed E-state index contributed by atoms with van der Waals surface area (Å²) >= 11 is 0. The van der Waals surface area contributed by atoms with E-state index in [1.54, 1.807) is 0 Å². The van der Waals surface area contributed by atoms with Crippen LogP contribution < -0.4 is 11.1 Å². The van der Waals surface area contributed by atoms with Crippen LogP contribution >= 0.6 is 0 Å². The van der Waals surface area contributed by atoms with Crippen LogP contribution in [0.5, 0.6) is 0 Å². The molecule has 1 unspecified atom stereocenters. The van der Waals surface area contributed by atoms with Crippen molar-refractivity contribution in [2.45, 2.75) is 50.1 Å². The van der Waals surface area contributed by atoms with Crippen LogP contribution in [0.3, 0.4) is 0 Å². The number of likely N-dealkylation sites (N-methyl/N-ethyl adjacent to an activating group) is 1. The van der Waals surface area contributed by atoms with Crippen LogP contribution in [0.2, 0.25) is 0 Å². The number of nitrogens with one attached hydrogen (secondary N) is 1. The lowest BCUT2D eigenvalue weighted by Crippen LogP contribution is -2.61. The fraction of sp³-hybridized carbons (Fsp3) is 0.923. The van der Waals surface area contributed by atoms with E-state index in [-0.39, 0.29) is 11.4 Å². The molecule has 0 aromatic heterocycles. The van der Waals surface area contributed by atoms with Crippen molar-refractivity contribution in [3.63, 3.8) is 0 Å². The number of hydrogen-bond donors (Lipinski definition) is 2. The van der Waals surface area contributed by atoms with E-state index in [9.17, 15) is 4.79 Å². The monoisotopic (exact) mass is 239 g/mol. The molecule has 2 aliphatic carbocycles. The number of hydrogen-bond acceptors (Lipinski definition) is 3. The number of carbonyl (C=O) groups is 1. The van der Waals surface area contributed by atoms with Gasteiger partial charge in [-0.1, -0.05) is 0 Å². The molecule has 0 saturated heterocycles. The maximum atomic E-state index is 12.1. The van der Waals surface area contributed by atoms with Gasteiger partial charge in [0.1, 0.15) is 0 Å². The zero-order chi connectivity index (χ0) is 12.7. The first-order valence-electron chi connectivity index (χ1n) is 6.63. The van der Waals surface area contributed by atoms with E-state index in [1.807, 2.05) is 6.92 Å². The Bertz CT molecular complexity index is 304. The van der Waals surface area contributed by atoms with E-state index < -0.39 is 5.54 Å². The van der Waals surface area contributed by atoms with Gasteiger partial charge in [-0.2, -0.15) is 0 Å². The molecule has 0 aromatic carbocycles. The lowest BCUT2D eigenvalue weighted by Gasteiger charge is -2.47. The molecule has 2 fully saturated rings. The minimum Gasteiger partial charge on any atom is -0.353 e. The van der Waals surface area contributed by atoms with E-state index in [4.69, 9.17) is 5.73 Å². The summed E-state index contributed by atoms with van der Waals surface area (Å²) in [5.74, 6) is 0.410. The molecular weight excluding hydrogens is 214 g/mol. The summed E-state index contributed by atoms with van der Waals surface area (Å²) in [6, 6.07) is 0. The Morgan fingerprint density at radius 2 is 2.06 bits per heavy atom. The molecular formula is C13H25N3O. The molecule has 0 spiro atoms. The van der Waals surface area contributed by atoms with E-state index in [2.05, 4.69) is 24.3 Å². The van der Waals surface area contributed by atoms with Crippen LogP contribution in [0.4, 0.5) is 0 Å². The Hall–Kier alpha value is -0.610. The molecule has 0 heterocycles. The largest absolute Gasteiger partial charge is 0.353 e. The molecule has 4 heteroatoms. The maximum absolute atomic E-state index is 12.1. The third-order valence-corrected chi connectivity index (χ3v) is 4.73. The molecule has 17 heavy (non-hydrogen) atoms. The molecule has 4 nitrogen and oxygen atoms in total. The van der Waals surface area contributed by atoms with Gasteiger partial charge in [0.15, 0.2) is 0 Å². The molecule has 2 saturated carbocycles. The van der Waals surface area contributed by atoms with Crippen LogP contribution in [-0.4, -0.2) is 42.5 Å². The smallest absolute Gasteiger partial charge is 0.240 e. The highest BCUT2D eigenvalue weighted by molar-refractivity contribution is 5.86. The molecule has 0 radical (unpaired) electrons. The number of nitrogens with zero attached hydrogens (tertiary/aromatic N) is 1. The zero-order valence-electron chi connectivity index (χ0n) is 11.3. The van der Waals surface area contributed by atoms with Crippen LogP contribution in [0.15, 0.2) is 0 Å². The van der Waals surface area contributed by atoms with E-state index >= 15 is 0 Å². The quantitative estimate of drug-likeness (QED) is 0.743. The van der Waals surface area contributed by atoms with Crippen molar-refractivity contribution in [2.24, 2.45) is 11.7 Å². The normalized spacial score (nSPS) is 26.2. The Morgan fingerprint density at radius 3 is 2.41 bits per heavy atom. The van der Waals surface area contributed by atoms with Gasteiger partial charge in [-0.05, 0) is 59.0 Å². The summed E-state index contributed by atoms with van der Waals surface area (Å²) in [5, 5.41) is 3.06. The second-order valence-electron chi connectivity index (χ2n) is 6.21. The first kappa shape index (κ1) is 12.8. The zero-order valence-corrected chi connectivity index (χ0v) is 11.3. The summed E-state index contributed by atoms with van der Waals surface area (Å²) in [6.07, 6.45) is 5.80. The van der Waals surface area contributed by atoms with Gasteiger partial charge in [0, 0.05) is 12.1 Å². The molecule has 0 bridgehead atoms. The van der Waals surface area contributed by atoms with Crippen molar-refractivity contribution in [3.05, 3.63) is 0 Å². The fourth-order valence-corrected chi connectivity index (χ4v) is 2.67. The van der Waals surface area contributed by atoms with Crippen molar-refractivity contribution >= 4 is 5.91 Å². The maximum Gasteiger partial charge on any atom is 0.240 e. The molecule has 0 aliphatic heterocycles.